The summed E-state index contributed by atoms with van der Waals surface area (Å²) in [6.07, 6.45) is 2.09. The molecule has 1 unspecified atom stereocenters. The van der Waals surface area contributed by atoms with Gasteiger partial charge in [0.15, 0.2) is 0 Å². The molecule has 0 aromatic carbocycles. The Morgan fingerprint density at radius 1 is 1.52 bits per heavy atom. The third-order valence-corrected chi connectivity index (χ3v) is 4.12. The van der Waals surface area contributed by atoms with Gasteiger partial charge in [-0.25, -0.2) is 4.98 Å². The lowest BCUT2D eigenvalue weighted by Gasteiger charge is -2.22. The normalized spacial score (nSPS) is 18.2. The molecule has 1 atom stereocenters. The Bertz CT molecular complexity index is 436. The van der Waals surface area contributed by atoms with Gasteiger partial charge in [0, 0.05) is 43.7 Å². The molecule has 0 spiro atoms. The van der Waals surface area contributed by atoms with Gasteiger partial charge in [-0.3, -0.25) is 4.79 Å². The van der Waals surface area contributed by atoms with Gasteiger partial charge in [0.1, 0.15) is 6.61 Å². The molecule has 1 fully saturated rings. The number of anilines is 1. The number of carbonyl (C=O) groups excluding carboxylic acids is 1. The molecule has 1 saturated heterocycles. The van der Waals surface area contributed by atoms with E-state index < -0.39 is 0 Å². The van der Waals surface area contributed by atoms with E-state index in [-0.39, 0.29) is 11.9 Å². The maximum absolute atomic E-state index is 11.9. The predicted octanol–water partition coefficient (Wildman–Crippen LogP) is 1.14. The van der Waals surface area contributed by atoms with Gasteiger partial charge in [0.25, 0.3) is 0 Å². The number of nitrogens with one attached hydrogen (secondary N) is 2. The molecule has 2 N–H and O–H groups in total. The average Bonchev–Trinajstić information content (AvgIpc) is 2.50. The number of aromatic nitrogens is 1. The number of hydrogen-bond donors (Lipinski definition) is 2. The number of nitrogens with zero attached hydrogens (tertiary/aromatic N) is 1. The second kappa shape index (κ2) is 8.86. The zero-order valence-electron chi connectivity index (χ0n) is 12.1. The minimum Gasteiger partial charge on any atom is -0.475 e. The van der Waals surface area contributed by atoms with E-state index in [0.717, 1.165) is 18.1 Å². The SMILES string of the molecule is COCCOc1ccc(NC(=O)CC2CSCCN2)cn1. The highest BCUT2D eigenvalue weighted by Crippen LogP contribution is 2.14. The molecule has 116 valence electrons. The van der Waals surface area contributed by atoms with Gasteiger partial charge >= 0.3 is 0 Å². The van der Waals surface area contributed by atoms with Crippen LogP contribution >= 0.6 is 11.8 Å². The van der Waals surface area contributed by atoms with Gasteiger partial charge in [-0.1, -0.05) is 0 Å². The van der Waals surface area contributed by atoms with Gasteiger partial charge < -0.3 is 20.1 Å². The van der Waals surface area contributed by atoms with E-state index in [4.69, 9.17) is 9.47 Å². The molecule has 0 radical (unpaired) electrons. The lowest BCUT2D eigenvalue weighted by atomic mass is 10.2. The van der Waals surface area contributed by atoms with Crippen LogP contribution in [0.15, 0.2) is 18.3 Å². The van der Waals surface area contributed by atoms with E-state index in [9.17, 15) is 4.79 Å². The van der Waals surface area contributed by atoms with E-state index in [1.54, 1.807) is 25.4 Å². The molecule has 2 rings (SSSR count). The molecule has 7 heteroatoms. The van der Waals surface area contributed by atoms with E-state index in [1.807, 2.05) is 11.8 Å². The molecule has 1 aromatic rings. The summed E-state index contributed by atoms with van der Waals surface area (Å²) in [6.45, 7) is 1.95. The minimum atomic E-state index is 0.00449. The Hall–Kier alpha value is -1.31. The van der Waals surface area contributed by atoms with Crippen LogP contribution in [0, 0.1) is 0 Å². The number of amides is 1. The summed E-state index contributed by atoms with van der Waals surface area (Å²) < 4.78 is 10.3. The number of pyridine rings is 1. The molecule has 21 heavy (non-hydrogen) atoms. The van der Waals surface area contributed by atoms with Crippen LogP contribution < -0.4 is 15.4 Å². The Morgan fingerprint density at radius 3 is 3.10 bits per heavy atom. The van der Waals surface area contributed by atoms with Crippen LogP contribution in [0.1, 0.15) is 6.42 Å². The lowest BCUT2D eigenvalue weighted by molar-refractivity contribution is -0.116. The summed E-state index contributed by atoms with van der Waals surface area (Å²) in [6, 6.07) is 3.78. The maximum Gasteiger partial charge on any atom is 0.226 e. The van der Waals surface area contributed by atoms with Crippen molar-refractivity contribution in [1.82, 2.24) is 10.3 Å². The molecular weight excluding hydrogens is 290 g/mol. The zero-order chi connectivity index (χ0) is 14.9. The molecule has 1 aliphatic rings. The van der Waals surface area contributed by atoms with Crippen LogP contribution in [-0.4, -0.2) is 55.3 Å². The van der Waals surface area contributed by atoms with Crippen molar-refractivity contribution in [1.29, 1.82) is 0 Å². The summed E-state index contributed by atoms with van der Waals surface area (Å²) in [4.78, 5) is 16.1. The molecular formula is C14H21N3O3S. The molecule has 0 aliphatic carbocycles. The zero-order valence-corrected chi connectivity index (χ0v) is 12.9. The molecule has 0 saturated carbocycles. The van der Waals surface area contributed by atoms with Crippen LogP contribution in [0.25, 0.3) is 0 Å². The Morgan fingerprint density at radius 2 is 2.43 bits per heavy atom. The number of carbonyl (C=O) groups is 1. The highest BCUT2D eigenvalue weighted by molar-refractivity contribution is 7.99. The smallest absolute Gasteiger partial charge is 0.226 e. The monoisotopic (exact) mass is 311 g/mol. The van der Waals surface area contributed by atoms with Crippen molar-refractivity contribution in [3.8, 4) is 5.88 Å². The van der Waals surface area contributed by atoms with E-state index >= 15 is 0 Å². The van der Waals surface area contributed by atoms with Crippen molar-refractivity contribution in [2.24, 2.45) is 0 Å². The predicted molar refractivity (Wildman–Crippen MR) is 84.0 cm³/mol. The standard InChI is InChI=1S/C14H21N3O3S/c1-19-5-6-20-14-3-2-11(9-16-14)17-13(18)8-12-10-21-7-4-15-12/h2-3,9,12,15H,4-8,10H2,1H3,(H,17,18). The van der Waals surface area contributed by atoms with Gasteiger partial charge in [0.05, 0.1) is 18.5 Å². The number of ether oxygens (including phenoxy) is 2. The first-order valence-electron chi connectivity index (χ1n) is 6.96. The Labute approximate surface area is 129 Å². The van der Waals surface area contributed by atoms with Crippen molar-refractivity contribution in [3.63, 3.8) is 0 Å². The fourth-order valence-corrected chi connectivity index (χ4v) is 2.90. The number of hydrogen-bond acceptors (Lipinski definition) is 6. The van der Waals surface area contributed by atoms with Gasteiger partial charge in [-0.15, -0.1) is 0 Å². The first-order valence-corrected chi connectivity index (χ1v) is 8.12. The first kappa shape index (κ1) is 16.1. The van der Waals surface area contributed by atoms with Crippen molar-refractivity contribution < 1.29 is 14.3 Å². The molecule has 6 nitrogen and oxygen atoms in total. The number of methoxy groups -OCH3 is 1. The largest absolute Gasteiger partial charge is 0.475 e. The summed E-state index contributed by atoms with van der Waals surface area (Å²) in [5, 5.41) is 6.20. The van der Waals surface area contributed by atoms with E-state index in [2.05, 4.69) is 15.6 Å². The second-order valence-electron chi connectivity index (χ2n) is 4.70. The molecule has 1 amide bonds. The molecule has 1 aliphatic heterocycles. The lowest BCUT2D eigenvalue weighted by Crippen LogP contribution is -2.39. The van der Waals surface area contributed by atoms with Crippen LogP contribution in [0.4, 0.5) is 5.69 Å². The van der Waals surface area contributed by atoms with Gasteiger partial charge in [-0.05, 0) is 6.07 Å². The third kappa shape index (κ3) is 5.91. The van der Waals surface area contributed by atoms with Crippen molar-refractivity contribution in [2.75, 3.05) is 43.7 Å². The number of rotatable bonds is 7. The summed E-state index contributed by atoms with van der Waals surface area (Å²) >= 11 is 1.88. The molecule has 0 bridgehead atoms. The topological polar surface area (TPSA) is 72.5 Å². The average molecular weight is 311 g/mol. The molecule has 1 aromatic heterocycles. The number of thioether (sulfide) groups is 1. The minimum absolute atomic E-state index is 0.00449. The molecule has 2 heterocycles. The quantitative estimate of drug-likeness (QED) is 0.736. The summed E-state index contributed by atoms with van der Waals surface area (Å²) in [5.74, 6) is 2.63. The highest BCUT2D eigenvalue weighted by atomic mass is 32.2. The van der Waals surface area contributed by atoms with Crippen molar-refractivity contribution in [3.05, 3.63) is 18.3 Å². The van der Waals surface area contributed by atoms with E-state index in [0.29, 0.717) is 31.2 Å². The van der Waals surface area contributed by atoms with E-state index in [1.165, 1.54) is 0 Å². The van der Waals surface area contributed by atoms with Gasteiger partial charge in [-0.2, -0.15) is 11.8 Å². The van der Waals surface area contributed by atoms with Crippen molar-refractivity contribution >= 4 is 23.4 Å². The maximum atomic E-state index is 11.9. The van der Waals surface area contributed by atoms with Crippen LogP contribution in [0.2, 0.25) is 0 Å². The van der Waals surface area contributed by atoms with Crippen LogP contribution in [0.5, 0.6) is 5.88 Å². The summed E-state index contributed by atoms with van der Waals surface area (Å²) in [5.41, 5.74) is 0.683. The fraction of sp³-hybridized carbons (Fsp3) is 0.571. The first-order chi connectivity index (χ1) is 10.3. The fourth-order valence-electron chi connectivity index (χ4n) is 1.96. The Balaban J connectivity index is 1.75. The summed E-state index contributed by atoms with van der Waals surface area (Å²) in [7, 11) is 1.62. The van der Waals surface area contributed by atoms with Crippen LogP contribution in [-0.2, 0) is 9.53 Å². The Kier molecular flexibility index (Phi) is 6.78. The highest BCUT2D eigenvalue weighted by Gasteiger charge is 2.16. The van der Waals surface area contributed by atoms with Gasteiger partial charge in [0.2, 0.25) is 11.8 Å². The third-order valence-electron chi connectivity index (χ3n) is 2.99. The van der Waals surface area contributed by atoms with Crippen LogP contribution in [0.3, 0.4) is 0 Å². The van der Waals surface area contributed by atoms with Crippen molar-refractivity contribution in [2.45, 2.75) is 12.5 Å². The second-order valence-corrected chi connectivity index (χ2v) is 5.85.